The van der Waals surface area contributed by atoms with E-state index in [1.54, 1.807) is 0 Å². The van der Waals surface area contributed by atoms with Crippen molar-refractivity contribution in [3.63, 3.8) is 0 Å². The summed E-state index contributed by atoms with van der Waals surface area (Å²) in [6, 6.07) is 2.37. The molecule has 1 aliphatic rings. The molecule has 3 heteroatoms. The minimum Gasteiger partial charge on any atom is -0.302 e. The van der Waals surface area contributed by atoms with Crippen LogP contribution in [0.1, 0.15) is 39.5 Å². The number of rotatable bonds is 4. The molecule has 1 saturated heterocycles. The molecule has 0 aromatic carbocycles. The average Bonchev–Trinajstić information content (AvgIpc) is 2.54. The van der Waals surface area contributed by atoms with Crippen LogP contribution in [0.3, 0.4) is 0 Å². The van der Waals surface area contributed by atoms with Crippen molar-refractivity contribution in [3.05, 3.63) is 0 Å². The van der Waals surface area contributed by atoms with E-state index in [0.29, 0.717) is 0 Å². The summed E-state index contributed by atoms with van der Waals surface area (Å²) < 4.78 is 0. The summed E-state index contributed by atoms with van der Waals surface area (Å²) in [5.41, 5.74) is -0.397. The summed E-state index contributed by atoms with van der Waals surface area (Å²) in [6.45, 7) is 7.41. The molecule has 92 valence electrons. The zero-order valence-electron chi connectivity index (χ0n) is 10.9. The lowest BCUT2D eigenvalue weighted by Gasteiger charge is -2.29. The van der Waals surface area contributed by atoms with Crippen LogP contribution < -0.4 is 5.32 Å². The van der Waals surface area contributed by atoms with Gasteiger partial charge in [-0.1, -0.05) is 13.3 Å². The van der Waals surface area contributed by atoms with E-state index in [1.165, 1.54) is 25.7 Å². The Labute approximate surface area is 99.8 Å². The number of likely N-dealkylation sites (tertiary alicyclic amines) is 1. The fourth-order valence-corrected chi connectivity index (χ4v) is 2.41. The quantitative estimate of drug-likeness (QED) is 0.792. The Morgan fingerprint density at radius 2 is 2.19 bits per heavy atom. The molecule has 0 aliphatic carbocycles. The molecule has 0 amide bonds. The number of nitrogens with one attached hydrogen (secondary N) is 1. The zero-order chi connectivity index (χ0) is 12.0. The SMILES string of the molecule is CCC1CCCN(CC(C)(C#N)NC)CC1. The zero-order valence-corrected chi connectivity index (χ0v) is 10.9. The van der Waals surface area contributed by atoms with Gasteiger partial charge in [-0.05, 0) is 52.2 Å². The van der Waals surface area contributed by atoms with Crippen molar-refractivity contribution in [3.8, 4) is 6.07 Å². The van der Waals surface area contributed by atoms with Gasteiger partial charge in [0, 0.05) is 6.54 Å². The molecule has 0 radical (unpaired) electrons. The molecule has 3 nitrogen and oxygen atoms in total. The van der Waals surface area contributed by atoms with Gasteiger partial charge in [0.25, 0.3) is 0 Å². The fraction of sp³-hybridized carbons (Fsp3) is 0.923. The summed E-state index contributed by atoms with van der Waals surface area (Å²) in [5, 5.41) is 12.3. The monoisotopic (exact) mass is 223 g/mol. The Hall–Kier alpha value is -0.590. The lowest BCUT2D eigenvalue weighted by Crippen LogP contribution is -2.49. The molecule has 0 spiro atoms. The van der Waals surface area contributed by atoms with E-state index in [4.69, 9.17) is 5.26 Å². The van der Waals surface area contributed by atoms with Gasteiger partial charge >= 0.3 is 0 Å². The van der Waals surface area contributed by atoms with Crippen LogP contribution in [-0.4, -0.2) is 37.1 Å². The second-order valence-electron chi connectivity index (χ2n) is 5.18. The summed E-state index contributed by atoms with van der Waals surface area (Å²) in [6.07, 6.45) is 5.23. The molecule has 0 saturated carbocycles. The highest BCUT2D eigenvalue weighted by Crippen LogP contribution is 2.21. The lowest BCUT2D eigenvalue weighted by molar-refractivity contribution is 0.230. The van der Waals surface area contributed by atoms with E-state index in [1.807, 2.05) is 14.0 Å². The Bertz CT molecular complexity index is 246. The van der Waals surface area contributed by atoms with Gasteiger partial charge in [-0.15, -0.1) is 0 Å². The maximum absolute atomic E-state index is 9.15. The summed E-state index contributed by atoms with van der Waals surface area (Å²) in [7, 11) is 1.87. The molecular formula is C13H25N3. The van der Waals surface area contributed by atoms with Crippen LogP contribution in [0, 0.1) is 17.2 Å². The predicted octanol–water partition coefficient (Wildman–Crippen LogP) is 2.00. The molecule has 0 bridgehead atoms. The van der Waals surface area contributed by atoms with Crippen molar-refractivity contribution < 1.29 is 0 Å². The lowest BCUT2D eigenvalue weighted by atomic mass is 9.98. The topological polar surface area (TPSA) is 39.1 Å². The van der Waals surface area contributed by atoms with Crippen molar-refractivity contribution in [2.45, 2.75) is 45.1 Å². The Morgan fingerprint density at radius 1 is 1.44 bits per heavy atom. The van der Waals surface area contributed by atoms with Crippen LogP contribution >= 0.6 is 0 Å². The molecule has 1 aliphatic heterocycles. The number of likely N-dealkylation sites (N-methyl/N-ethyl adjacent to an activating group) is 1. The number of hydrogen-bond acceptors (Lipinski definition) is 3. The molecule has 0 aromatic heterocycles. The molecule has 1 heterocycles. The van der Waals surface area contributed by atoms with E-state index in [0.717, 1.165) is 25.6 Å². The van der Waals surface area contributed by atoms with Crippen LogP contribution in [0.4, 0.5) is 0 Å². The smallest absolute Gasteiger partial charge is 0.116 e. The minimum atomic E-state index is -0.397. The molecule has 1 rings (SSSR count). The maximum Gasteiger partial charge on any atom is 0.116 e. The van der Waals surface area contributed by atoms with E-state index in [9.17, 15) is 0 Å². The maximum atomic E-state index is 9.15. The molecule has 0 aromatic rings. The van der Waals surface area contributed by atoms with Crippen molar-refractivity contribution in [2.24, 2.45) is 5.92 Å². The highest BCUT2D eigenvalue weighted by atomic mass is 15.2. The third-order valence-corrected chi connectivity index (χ3v) is 3.86. The van der Waals surface area contributed by atoms with E-state index in [2.05, 4.69) is 23.2 Å². The van der Waals surface area contributed by atoms with Gasteiger partial charge in [-0.2, -0.15) is 5.26 Å². The highest BCUT2D eigenvalue weighted by Gasteiger charge is 2.26. The molecular weight excluding hydrogens is 198 g/mol. The average molecular weight is 223 g/mol. The Balaban J connectivity index is 2.47. The van der Waals surface area contributed by atoms with Crippen LogP contribution in [-0.2, 0) is 0 Å². The second-order valence-corrected chi connectivity index (χ2v) is 5.18. The summed E-state index contributed by atoms with van der Waals surface area (Å²) >= 11 is 0. The van der Waals surface area contributed by atoms with Gasteiger partial charge in [-0.3, -0.25) is 0 Å². The third kappa shape index (κ3) is 3.77. The van der Waals surface area contributed by atoms with Gasteiger partial charge in [0.1, 0.15) is 5.54 Å². The van der Waals surface area contributed by atoms with Gasteiger partial charge in [0.2, 0.25) is 0 Å². The first-order valence-corrected chi connectivity index (χ1v) is 6.46. The summed E-state index contributed by atoms with van der Waals surface area (Å²) in [4.78, 5) is 2.44. The molecule has 2 unspecified atom stereocenters. The third-order valence-electron chi connectivity index (χ3n) is 3.86. The van der Waals surface area contributed by atoms with Crippen LogP contribution in [0.25, 0.3) is 0 Å². The van der Waals surface area contributed by atoms with Gasteiger partial charge in [0.15, 0.2) is 0 Å². The Morgan fingerprint density at radius 3 is 2.75 bits per heavy atom. The minimum absolute atomic E-state index is 0.397. The van der Waals surface area contributed by atoms with E-state index < -0.39 is 5.54 Å². The summed E-state index contributed by atoms with van der Waals surface area (Å²) in [5.74, 6) is 0.896. The first-order chi connectivity index (χ1) is 7.63. The van der Waals surface area contributed by atoms with Crippen molar-refractivity contribution >= 4 is 0 Å². The van der Waals surface area contributed by atoms with Crippen LogP contribution in [0.15, 0.2) is 0 Å². The Kier molecular flexibility index (Phi) is 5.24. The predicted molar refractivity (Wildman–Crippen MR) is 67.1 cm³/mol. The van der Waals surface area contributed by atoms with E-state index in [-0.39, 0.29) is 0 Å². The fourth-order valence-electron chi connectivity index (χ4n) is 2.41. The highest BCUT2D eigenvalue weighted by molar-refractivity contribution is 5.05. The van der Waals surface area contributed by atoms with Gasteiger partial charge in [-0.25, -0.2) is 0 Å². The second kappa shape index (κ2) is 6.22. The van der Waals surface area contributed by atoms with Crippen LogP contribution in [0.2, 0.25) is 0 Å². The van der Waals surface area contributed by atoms with Crippen LogP contribution in [0.5, 0.6) is 0 Å². The molecule has 1 N–H and O–H groups in total. The van der Waals surface area contributed by atoms with Crippen molar-refractivity contribution in [1.29, 1.82) is 5.26 Å². The number of nitrogens with zero attached hydrogens (tertiary/aromatic N) is 2. The number of hydrogen-bond donors (Lipinski definition) is 1. The van der Waals surface area contributed by atoms with Crippen molar-refractivity contribution in [2.75, 3.05) is 26.7 Å². The molecule has 1 fully saturated rings. The first-order valence-electron chi connectivity index (χ1n) is 6.46. The molecule has 16 heavy (non-hydrogen) atoms. The number of nitriles is 1. The molecule has 2 atom stereocenters. The van der Waals surface area contributed by atoms with E-state index >= 15 is 0 Å². The van der Waals surface area contributed by atoms with Gasteiger partial charge in [0.05, 0.1) is 6.07 Å². The van der Waals surface area contributed by atoms with Gasteiger partial charge < -0.3 is 10.2 Å². The van der Waals surface area contributed by atoms with Crippen molar-refractivity contribution in [1.82, 2.24) is 10.2 Å². The normalized spacial score (nSPS) is 26.8. The first kappa shape index (κ1) is 13.5. The standard InChI is InChI=1S/C13H25N3/c1-4-12-6-5-8-16(9-7-12)11-13(2,10-14)15-3/h12,15H,4-9,11H2,1-3H3. The largest absolute Gasteiger partial charge is 0.302 e.